The molecule has 2 radical (unpaired) electrons. The summed E-state index contributed by atoms with van der Waals surface area (Å²) in [4.78, 5) is 9.97. The van der Waals surface area contributed by atoms with Crippen LogP contribution >= 0.6 is 0 Å². The molecular formula is C5H9NO2. The quantitative estimate of drug-likeness (QED) is 0.547. The summed E-state index contributed by atoms with van der Waals surface area (Å²) < 4.78 is 0. The fourth-order valence-corrected chi connectivity index (χ4v) is 0.328. The molecule has 0 spiro atoms. The molecule has 0 aromatic rings. The van der Waals surface area contributed by atoms with Crippen LogP contribution in [0.4, 0.5) is 0 Å². The van der Waals surface area contributed by atoms with Crippen LogP contribution in [-0.4, -0.2) is 12.0 Å². The highest BCUT2D eigenvalue weighted by molar-refractivity contribution is 5.78. The van der Waals surface area contributed by atoms with E-state index in [1.54, 1.807) is 0 Å². The van der Waals surface area contributed by atoms with Crippen LogP contribution in [0.3, 0.4) is 0 Å². The minimum atomic E-state index is -1.26. The normalized spacial score (nSPS) is 13.2. The van der Waals surface area contributed by atoms with Crippen molar-refractivity contribution < 1.29 is 9.90 Å². The lowest BCUT2D eigenvalue weighted by Gasteiger charge is -1.97. The van der Waals surface area contributed by atoms with Gasteiger partial charge in [0.2, 0.25) is 5.91 Å². The molecule has 46 valence electrons. The number of hydrogen-bond acceptors (Lipinski definition) is 1. The lowest BCUT2D eigenvalue weighted by atomic mass is 10.2. The summed E-state index contributed by atoms with van der Waals surface area (Å²) in [6.07, 6.45) is -0.542. The Hall–Kier alpha value is -0.570. The fourth-order valence-electron chi connectivity index (χ4n) is 0.328. The van der Waals surface area contributed by atoms with Crippen molar-refractivity contribution in [2.75, 3.05) is 0 Å². The first-order chi connectivity index (χ1) is 3.68. The number of carbonyl (C=O) groups is 1. The van der Waals surface area contributed by atoms with E-state index in [0.29, 0.717) is 6.42 Å². The molecule has 0 aliphatic rings. The van der Waals surface area contributed by atoms with Crippen LogP contribution < -0.4 is 5.73 Å². The number of primary amides is 1. The van der Waals surface area contributed by atoms with E-state index in [2.05, 4.69) is 12.7 Å². The molecule has 0 aromatic carbocycles. The Bertz CT molecular complexity index is 82.5. The van der Waals surface area contributed by atoms with Crippen molar-refractivity contribution in [1.29, 1.82) is 0 Å². The van der Waals surface area contributed by atoms with Gasteiger partial charge in [0.1, 0.15) is 0 Å². The molecule has 1 unspecified atom stereocenters. The van der Waals surface area contributed by atoms with Gasteiger partial charge >= 0.3 is 0 Å². The Kier molecular flexibility index (Phi) is 3.19. The van der Waals surface area contributed by atoms with Gasteiger partial charge in [-0.2, -0.15) is 0 Å². The topological polar surface area (TPSA) is 63.0 Å². The smallest absolute Gasteiger partial charge is 0.249 e. The van der Waals surface area contributed by atoms with Gasteiger partial charge in [0.25, 0.3) is 0 Å². The van der Waals surface area contributed by atoms with Gasteiger partial charge in [0.05, 0.1) is 0 Å². The summed E-state index contributed by atoms with van der Waals surface area (Å²) in [6, 6.07) is 0. The Balaban J connectivity index is 3.32. The van der Waals surface area contributed by atoms with Crippen molar-refractivity contribution in [3.63, 3.8) is 0 Å². The Morgan fingerprint density at radius 3 is 2.38 bits per heavy atom. The van der Waals surface area contributed by atoms with Gasteiger partial charge < -0.3 is 5.73 Å². The van der Waals surface area contributed by atoms with Gasteiger partial charge in [0.15, 0.2) is 6.10 Å². The molecule has 2 N–H and O–H groups in total. The Morgan fingerprint density at radius 2 is 2.25 bits per heavy atom. The molecule has 1 amide bonds. The minimum absolute atomic E-state index is 0.245. The highest BCUT2D eigenvalue weighted by atomic mass is 16.3. The highest BCUT2D eigenvalue weighted by Gasteiger charge is 2.09. The number of hydrogen-bond donors (Lipinski definition) is 1. The van der Waals surface area contributed by atoms with E-state index >= 15 is 0 Å². The number of amides is 1. The molecular weight excluding hydrogens is 106 g/mol. The number of rotatable bonds is 3. The van der Waals surface area contributed by atoms with Gasteiger partial charge in [-0.05, 0) is 6.42 Å². The molecule has 0 saturated carbocycles. The zero-order valence-corrected chi connectivity index (χ0v) is 4.59. The molecule has 0 fully saturated rings. The first-order valence-electron chi connectivity index (χ1n) is 2.43. The van der Waals surface area contributed by atoms with Crippen molar-refractivity contribution in [1.82, 2.24) is 0 Å². The second-order valence-corrected chi connectivity index (χ2v) is 1.53. The van der Waals surface area contributed by atoms with E-state index in [1.807, 2.05) is 0 Å². The van der Waals surface area contributed by atoms with Crippen molar-refractivity contribution in [2.24, 2.45) is 5.73 Å². The summed E-state index contributed by atoms with van der Waals surface area (Å²) in [5, 5.41) is 10.3. The van der Waals surface area contributed by atoms with Crippen LogP contribution in [-0.2, 0) is 9.90 Å². The molecule has 0 aromatic heterocycles. The van der Waals surface area contributed by atoms with Crippen molar-refractivity contribution in [3.05, 3.63) is 6.92 Å². The van der Waals surface area contributed by atoms with E-state index in [9.17, 15) is 9.90 Å². The molecule has 0 rings (SSSR count). The third-order valence-electron chi connectivity index (χ3n) is 0.784. The number of nitrogens with two attached hydrogens (primary N) is 1. The summed E-state index contributed by atoms with van der Waals surface area (Å²) in [6.45, 7) is 3.40. The van der Waals surface area contributed by atoms with Crippen LogP contribution in [0.2, 0.25) is 0 Å². The van der Waals surface area contributed by atoms with Gasteiger partial charge in [-0.1, -0.05) is 13.3 Å². The predicted octanol–water partition coefficient (Wildman–Crippen LogP) is -0.115. The Morgan fingerprint density at radius 1 is 1.75 bits per heavy atom. The first kappa shape index (κ1) is 7.43. The van der Waals surface area contributed by atoms with Crippen LogP contribution in [0.1, 0.15) is 12.8 Å². The lowest BCUT2D eigenvalue weighted by molar-refractivity contribution is -0.129. The molecule has 3 heteroatoms. The predicted molar refractivity (Wildman–Crippen MR) is 28.3 cm³/mol. The zero-order chi connectivity index (χ0) is 6.57. The average Bonchev–Trinajstić information content (AvgIpc) is 1.67. The van der Waals surface area contributed by atoms with Crippen molar-refractivity contribution in [3.8, 4) is 0 Å². The maximum absolute atomic E-state index is 10.3. The molecule has 0 aliphatic carbocycles. The first-order valence-corrected chi connectivity index (χ1v) is 2.43. The van der Waals surface area contributed by atoms with Gasteiger partial charge in [-0.15, -0.1) is 0 Å². The third-order valence-corrected chi connectivity index (χ3v) is 0.784. The SMILES string of the molecule is [CH2]CCC([O])C(N)=O. The van der Waals surface area contributed by atoms with Gasteiger partial charge in [-0.3, -0.25) is 4.79 Å². The third kappa shape index (κ3) is 2.58. The Labute approximate surface area is 48.5 Å². The van der Waals surface area contributed by atoms with E-state index < -0.39 is 12.0 Å². The second-order valence-electron chi connectivity index (χ2n) is 1.53. The molecule has 1 atom stereocenters. The van der Waals surface area contributed by atoms with Crippen molar-refractivity contribution >= 4 is 5.91 Å². The van der Waals surface area contributed by atoms with E-state index in [4.69, 9.17) is 0 Å². The van der Waals surface area contributed by atoms with E-state index in [1.165, 1.54) is 0 Å². The van der Waals surface area contributed by atoms with Crippen LogP contribution in [0.25, 0.3) is 0 Å². The second kappa shape index (κ2) is 3.43. The fraction of sp³-hybridized carbons (Fsp3) is 0.600. The molecule has 0 heterocycles. The van der Waals surface area contributed by atoms with Gasteiger partial charge in [0, 0.05) is 0 Å². The van der Waals surface area contributed by atoms with E-state index in [-0.39, 0.29) is 6.42 Å². The monoisotopic (exact) mass is 115 g/mol. The van der Waals surface area contributed by atoms with Crippen LogP contribution in [0.15, 0.2) is 0 Å². The summed E-state index contributed by atoms with van der Waals surface area (Å²) in [5.74, 6) is -0.784. The summed E-state index contributed by atoms with van der Waals surface area (Å²) in [7, 11) is 0. The van der Waals surface area contributed by atoms with Crippen molar-refractivity contribution in [2.45, 2.75) is 18.9 Å². The molecule has 0 bridgehead atoms. The molecule has 8 heavy (non-hydrogen) atoms. The highest BCUT2D eigenvalue weighted by Crippen LogP contribution is 1.93. The van der Waals surface area contributed by atoms with E-state index in [0.717, 1.165) is 0 Å². The molecule has 3 nitrogen and oxygen atoms in total. The molecule has 0 saturated heterocycles. The summed E-state index contributed by atoms with van der Waals surface area (Å²) >= 11 is 0. The van der Waals surface area contributed by atoms with Gasteiger partial charge in [-0.25, -0.2) is 5.11 Å². The van der Waals surface area contributed by atoms with Crippen LogP contribution in [0.5, 0.6) is 0 Å². The average molecular weight is 115 g/mol. The maximum Gasteiger partial charge on any atom is 0.249 e. The largest absolute Gasteiger partial charge is 0.367 e. The standard InChI is InChI=1S/C5H9NO2/c1-2-3-4(7)5(6)8/h4H,1-3H2,(H2,6,8). The summed E-state index contributed by atoms with van der Waals surface area (Å²) in [5.41, 5.74) is 4.64. The maximum atomic E-state index is 10.3. The minimum Gasteiger partial charge on any atom is -0.367 e. The molecule has 0 aliphatic heterocycles. The zero-order valence-electron chi connectivity index (χ0n) is 4.59. The lowest BCUT2D eigenvalue weighted by Crippen LogP contribution is -2.26. The van der Waals surface area contributed by atoms with Crippen LogP contribution in [0, 0.1) is 6.92 Å². The number of carbonyl (C=O) groups excluding carboxylic acids is 1.